The predicted molar refractivity (Wildman–Crippen MR) is 137 cm³/mol. The van der Waals surface area contributed by atoms with Crippen molar-refractivity contribution in [2.24, 2.45) is 5.92 Å². The highest BCUT2D eigenvalue weighted by atomic mass is 32.2. The van der Waals surface area contributed by atoms with Gasteiger partial charge in [0.05, 0.1) is 29.1 Å². The van der Waals surface area contributed by atoms with E-state index in [9.17, 15) is 33.0 Å². The van der Waals surface area contributed by atoms with Crippen LogP contribution < -0.4 is 16.0 Å². The number of benzene rings is 1. The van der Waals surface area contributed by atoms with Crippen molar-refractivity contribution in [3.63, 3.8) is 0 Å². The molecule has 0 aliphatic carbocycles. The second kappa shape index (κ2) is 15.6. The van der Waals surface area contributed by atoms with E-state index in [1.165, 1.54) is 13.8 Å². The summed E-state index contributed by atoms with van der Waals surface area (Å²) in [6, 6.07) is 7.84. The van der Waals surface area contributed by atoms with Gasteiger partial charge in [-0.15, -0.1) is 0 Å². The van der Waals surface area contributed by atoms with Crippen molar-refractivity contribution >= 4 is 27.6 Å². The third-order valence-electron chi connectivity index (χ3n) is 5.94. The van der Waals surface area contributed by atoms with Gasteiger partial charge in [0.1, 0.15) is 6.04 Å². The molecule has 11 heteroatoms. The molecule has 5 N–H and O–H groups in total. The third kappa shape index (κ3) is 10.6. The zero-order valence-corrected chi connectivity index (χ0v) is 22.4. The minimum Gasteiger partial charge on any atom is -0.390 e. The normalized spacial score (nSPS) is 15.0. The number of aliphatic hydroxyl groups is 2. The van der Waals surface area contributed by atoms with Crippen molar-refractivity contribution in [1.29, 1.82) is 0 Å². The molecule has 0 aliphatic heterocycles. The molecule has 3 amide bonds. The van der Waals surface area contributed by atoms with Crippen LogP contribution in [0.5, 0.6) is 0 Å². The number of aliphatic hydroxyl groups excluding tert-OH is 2. The molecule has 0 saturated heterocycles. The van der Waals surface area contributed by atoms with E-state index in [-0.39, 0.29) is 6.54 Å². The van der Waals surface area contributed by atoms with Crippen LogP contribution in [0.4, 0.5) is 0 Å². The molecular weight excluding hydrogens is 486 g/mol. The number of hydrogen-bond acceptors (Lipinski definition) is 7. The van der Waals surface area contributed by atoms with Gasteiger partial charge in [0, 0.05) is 20.0 Å². The Morgan fingerprint density at radius 1 is 0.944 bits per heavy atom. The fraction of sp³-hybridized carbons (Fsp3) is 0.640. The Hall–Kier alpha value is -2.50. The summed E-state index contributed by atoms with van der Waals surface area (Å²) in [4.78, 5) is 36.7. The van der Waals surface area contributed by atoms with Crippen LogP contribution in [0, 0.1) is 5.92 Å². The molecule has 0 heterocycles. The van der Waals surface area contributed by atoms with Crippen LogP contribution in [-0.2, 0) is 30.8 Å². The van der Waals surface area contributed by atoms with E-state index in [0.717, 1.165) is 5.56 Å². The average molecular weight is 528 g/mol. The van der Waals surface area contributed by atoms with E-state index >= 15 is 0 Å². The predicted octanol–water partition coefficient (Wildman–Crippen LogP) is 0.665. The first-order valence-corrected chi connectivity index (χ1v) is 14.1. The molecule has 204 valence electrons. The Morgan fingerprint density at radius 3 is 2.06 bits per heavy atom. The van der Waals surface area contributed by atoms with Crippen LogP contribution in [0.25, 0.3) is 0 Å². The van der Waals surface area contributed by atoms with Crippen molar-refractivity contribution in [2.45, 2.75) is 83.4 Å². The number of rotatable bonds is 16. The van der Waals surface area contributed by atoms with E-state index in [1.54, 1.807) is 0 Å². The van der Waals surface area contributed by atoms with Gasteiger partial charge in [-0.25, -0.2) is 8.42 Å². The maximum absolute atomic E-state index is 12.9. The van der Waals surface area contributed by atoms with Gasteiger partial charge in [-0.2, -0.15) is 0 Å². The van der Waals surface area contributed by atoms with Crippen molar-refractivity contribution in [3.8, 4) is 0 Å². The first-order valence-electron chi connectivity index (χ1n) is 12.4. The molecule has 1 aromatic rings. The Morgan fingerprint density at radius 2 is 1.53 bits per heavy atom. The van der Waals surface area contributed by atoms with Crippen LogP contribution in [0.2, 0.25) is 0 Å². The van der Waals surface area contributed by atoms with E-state index in [2.05, 4.69) is 16.0 Å². The van der Waals surface area contributed by atoms with Crippen molar-refractivity contribution in [1.82, 2.24) is 16.0 Å². The summed E-state index contributed by atoms with van der Waals surface area (Å²) < 4.78 is 25.8. The zero-order chi connectivity index (χ0) is 27.3. The lowest BCUT2D eigenvalue weighted by Crippen LogP contribution is -2.53. The number of nitrogens with one attached hydrogen (secondary N) is 3. The van der Waals surface area contributed by atoms with Gasteiger partial charge in [-0.05, 0) is 18.4 Å². The minimum absolute atomic E-state index is 0.257. The smallest absolute Gasteiger partial charge is 0.243 e. The van der Waals surface area contributed by atoms with Crippen molar-refractivity contribution in [2.75, 3.05) is 12.3 Å². The maximum Gasteiger partial charge on any atom is 0.243 e. The van der Waals surface area contributed by atoms with Gasteiger partial charge >= 0.3 is 0 Å². The molecule has 4 unspecified atom stereocenters. The van der Waals surface area contributed by atoms with Crippen LogP contribution in [-0.4, -0.2) is 72.1 Å². The lowest BCUT2D eigenvalue weighted by molar-refractivity contribution is -0.132. The Labute approximate surface area is 214 Å². The summed E-state index contributed by atoms with van der Waals surface area (Å²) >= 11 is 0. The number of hydrogen-bond donors (Lipinski definition) is 5. The largest absolute Gasteiger partial charge is 0.390 e. The lowest BCUT2D eigenvalue weighted by atomic mass is 9.98. The number of sulfone groups is 1. The standard InChI is InChI=1S/C25H41N3O7S/c1-5-10-20(11-6-2)36(34,35)16-21(28-18(4)29)25(33)27-15-22(30)23(31)17(3)24(32)26-14-19-12-8-7-9-13-19/h7-9,12-13,17,20-23,30-31H,5-6,10-11,14-16H2,1-4H3,(H,26,32)(H,27,33)(H,28,29). The molecular formula is C25H41N3O7S. The maximum atomic E-state index is 12.9. The van der Waals surface area contributed by atoms with Gasteiger partial charge < -0.3 is 26.2 Å². The van der Waals surface area contributed by atoms with Gasteiger partial charge in [-0.1, -0.05) is 63.9 Å². The number of carbonyl (C=O) groups excluding carboxylic acids is 3. The minimum atomic E-state index is -3.69. The fourth-order valence-corrected chi connectivity index (χ4v) is 5.99. The Bertz CT molecular complexity index is 934. The first kappa shape index (κ1) is 31.5. The van der Waals surface area contributed by atoms with E-state index in [4.69, 9.17) is 0 Å². The Kier molecular flexibility index (Phi) is 13.6. The highest BCUT2D eigenvalue weighted by Crippen LogP contribution is 2.17. The molecule has 0 spiro atoms. The summed E-state index contributed by atoms with van der Waals surface area (Å²) in [6.07, 6.45) is -0.722. The van der Waals surface area contributed by atoms with Crippen molar-refractivity contribution in [3.05, 3.63) is 35.9 Å². The SMILES string of the molecule is CCCC(CCC)S(=O)(=O)CC(NC(C)=O)C(=O)NCC(O)C(O)C(C)C(=O)NCc1ccccc1. The molecule has 1 rings (SSSR count). The molecule has 36 heavy (non-hydrogen) atoms. The van der Waals surface area contributed by atoms with Crippen LogP contribution in [0.3, 0.4) is 0 Å². The molecule has 1 aromatic carbocycles. The summed E-state index contributed by atoms with van der Waals surface area (Å²) in [5.41, 5.74) is 0.874. The van der Waals surface area contributed by atoms with Gasteiger partial charge in [0.2, 0.25) is 17.7 Å². The van der Waals surface area contributed by atoms with Crippen LogP contribution in [0.1, 0.15) is 58.9 Å². The molecule has 0 bridgehead atoms. The zero-order valence-electron chi connectivity index (χ0n) is 21.6. The second-order valence-corrected chi connectivity index (χ2v) is 11.4. The number of amides is 3. The molecule has 0 radical (unpaired) electrons. The average Bonchev–Trinajstić information content (AvgIpc) is 2.84. The van der Waals surface area contributed by atoms with Gasteiger partial charge in [-0.3, -0.25) is 14.4 Å². The summed E-state index contributed by atoms with van der Waals surface area (Å²) in [5.74, 6) is -3.39. The quantitative estimate of drug-likeness (QED) is 0.211. The molecule has 4 atom stereocenters. The molecule has 0 aromatic heterocycles. The second-order valence-electron chi connectivity index (χ2n) is 9.08. The fourth-order valence-electron chi connectivity index (χ4n) is 3.83. The molecule has 0 saturated carbocycles. The molecule has 0 fully saturated rings. The Balaban J connectivity index is 2.73. The van der Waals surface area contributed by atoms with E-state index in [0.29, 0.717) is 25.7 Å². The lowest BCUT2D eigenvalue weighted by Gasteiger charge is -2.25. The van der Waals surface area contributed by atoms with Crippen LogP contribution in [0.15, 0.2) is 30.3 Å². The summed E-state index contributed by atoms with van der Waals surface area (Å²) in [6.45, 7) is 6.21. The highest BCUT2D eigenvalue weighted by molar-refractivity contribution is 7.92. The first-order chi connectivity index (χ1) is 16.9. The van der Waals surface area contributed by atoms with Crippen molar-refractivity contribution < 1.29 is 33.0 Å². The van der Waals surface area contributed by atoms with E-state index in [1.807, 2.05) is 44.2 Å². The molecule has 0 aliphatic rings. The van der Waals surface area contributed by atoms with Gasteiger partial charge in [0.15, 0.2) is 9.84 Å². The van der Waals surface area contributed by atoms with E-state index < -0.39 is 69.3 Å². The topological polar surface area (TPSA) is 162 Å². The van der Waals surface area contributed by atoms with Gasteiger partial charge in [0.25, 0.3) is 0 Å². The monoisotopic (exact) mass is 527 g/mol. The highest BCUT2D eigenvalue weighted by Gasteiger charge is 2.33. The third-order valence-corrected chi connectivity index (χ3v) is 8.22. The summed E-state index contributed by atoms with van der Waals surface area (Å²) in [7, 11) is -3.69. The summed E-state index contributed by atoms with van der Waals surface area (Å²) in [5, 5.41) is 27.6. The van der Waals surface area contributed by atoms with Crippen LogP contribution >= 0.6 is 0 Å². The molecule has 10 nitrogen and oxygen atoms in total. The number of carbonyl (C=O) groups is 3.